The Balaban J connectivity index is 1.17. The molecule has 3 aromatic rings. The maximum atomic E-state index is 12.9. The number of unbranched alkanes of at least 4 members (excludes halogenated alkanes) is 1. The topological polar surface area (TPSA) is 119 Å². The minimum Gasteiger partial charge on any atom is -0.461 e. The molecule has 3 atom stereocenters. The molecular weight excluding hydrogens is 474 g/mol. The standard InChI is InChI=1S/C27H35N5O5/c1-30-24-23(25(34)29-27(30)36)31(17-28-24)12-6-7-13-32(2)19-10-11-20(32)15-21(14-19)37-26(35)22(16-33)18-8-4-3-5-9-18/h3-5,8-9,17,19-22,33H,6-7,10-16H2,1-2H3/p+1. The number of nitrogens with zero attached hydrogens (tertiary/aromatic N) is 4. The maximum Gasteiger partial charge on any atom is 0.329 e. The van der Waals surface area contributed by atoms with Crippen molar-refractivity contribution >= 4 is 17.1 Å². The zero-order valence-corrected chi connectivity index (χ0v) is 21.5. The molecule has 1 aromatic carbocycles. The number of aromatic nitrogens is 4. The van der Waals surface area contributed by atoms with Gasteiger partial charge in [0.1, 0.15) is 12.0 Å². The molecule has 2 N–H and O–H groups in total. The molecule has 0 radical (unpaired) electrons. The largest absolute Gasteiger partial charge is 0.461 e. The molecule has 37 heavy (non-hydrogen) atoms. The second kappa shape index (κ2) is 10.3. The number of fused-ring (bicyclic) bond motifs is 3. The first-order valence-electron chi connectivity index (χ1n) is 13.2. The Kier molecular flexibility index (Phi) is 7.04. The highest BCUT2D eigenvalue weighted by Gasteiger charge is 2.52. The van der Waals surface area contributed by atoms with Gasteiger partial charge in [0.15, 0.2) is 11.2 Å². The van der Waals surface area contributed by atoms with Gasteiger partial charge in [-0.3, -0.25) is 19.1 Å². The number of aromatic amines is 1. The third-order valence-electron chi connectivity index (χ3n) is 8.69. The van der Waals surface area contributed by atoms with Gasteiger partial charge in [0, 0.05) is 39.3 Å². The summed E-state index contributed by atoms with van der Waals surface area (Å²) in [7, 11) is 3.93. The summed E-state index contributed by atoms with van der Waals surface area (Å²) in [4.78, 5) is 43.6. The van der Waals surface area contributed by atoms with Crippen LogP contribution in [0.5, 0.6) is 0 Å². The number of benzene rings is 1. The van der Waals surface area contributed by atoms with Crippen molar-refractivity contribution in [3.63, 3.8) is 0 Å². The van der Waals surface area contributed by atoms with Crippen molar-refractivity contribution in [1.29, 1.82) is 0 Å². The Bertz CT molecular complexity index is 1360. The summed E-state index contributed by atoms with van der Waals surface area (Å²) in [5.41, 5.74) is 0.751. The monoisotopic (exact) mass is 510 g/mol. The van der Waals surface area contributed by atoms with Gasteiger partial charge in [-0.1, -0.05) is 30.3 Å². The van der Waals surface area contributed by atoms with E-state index in [2.05, 4.69) is 17.0 Å². The first kappa shape index (κ1) is 25.4. The lowest BCUT2D eigenvalue weighted by molar-refractivity contribution is -0.949. The minimum atomic E-state index is -0.643. The van der Waals surface area contributed by atoms with Crippen molar-refractivity contribution in [2.45, 2.75) is 69.2 Å². The molecule has 5 rings (SSSR count). The first-order chi connectivity index (χ1) is 17.8. The summed E-state index contributed by atoms with van der Waals surface area (Å²) < 4.78 is 10.1. The number of piperidine rings is 1. The fraction of sp³-hybridized carbons (Fsp3) is 0.556. The van der Waals surface area contributed by atoms with Crippen LogP contribution in [-0.4, -0.2) is 73.0 Å². The molecule has 0 saturated carbocycles. The molecular formula is C27H36N5O5+. The molecule has 3 unspecified atom stereocenters. The second-order valence-corrected chi connectivity index (χ2v) is 10.8. The maximum absolute atomic E-state index is 12.9. The van der Waals surface area contributed by atoms with Crippen LogP contribution in [0.25, 0.3) is 11.2 Å². The van der Waals surface area contributed by atoms with E-state index in [0.29, 0.717) is 29.8 Å². The molecule has 198 valence electrons. The molecule has 0 aliphatic carbocycles. The van der Waals surface area contributed by atoms with Gasteiger partial charge in [0.25, 0.3) is 5.56 Å². The van der Waals surface area contributed by atoms with Gasteiger partial charge < -0.3 is 18.9 Å². The van der Waals surface area contributed by atoms with Gasteiger partial charge in [0.05, 0.1) is 38.6 Å². The smallest absolute Gasteiger partial charge is 0.329 e. The summed E-state index contributed by atoms with van der Waals surface area (Å²) in [5.74, 6) is -0.982. The number of ether oxygens (including phenoxy) is 1. The lowest BCUT2D eigenvalue weighted by atomic mass is 9.95. The number of hydrogen-bond donors (Lipinski definition) is 2. The minimum absolute atomic E-state index is 0.107. The molecule has 0 spiro atoms. The van der Waals surface area contributed by atoms with Crippen LogP contribution in [0.1, 0.15) is 50.0 Å². The summed E-state index contributed by atoms with van der Waals surface area (Å²) >= 11 is 0. The number of carbonyl (C=O) groups is 1. The number of esters is 1. The molecule has 10 heteroatoms. The molecule has 2 aromatic heterocycles. The van der Waals surface area contributed by atoms with Crippen LogP contribution < -0.4 is 11.2 Å². The molecule has 4 heterocycles. The lowest BCUT2D eigenvalue weighted by Crippen LogP contribution is -2.59. The first-order valence-corrected chi connectivity index (χ1v) is 13.2. The fourth-order valence-corrected chi connectivity index (χ4v) is 6.49. The Morgan fingerprint density at radius 1 is 1.19 bits per heavy atom. The number of imidazole rings is 1. The van der Waals surface area contributed by atoms with Gasteiger partial charge in [-0.15, -0.1) is 0 Å². The third-order valence-corrected chi connectivity index (χ3v) is 8.69. The quantitative estimate of drug-likeness (QED) is 0.257. The number of nitrogens with one attached hydrogen (secondary N) is 1. The molecule has 2 saturated heterocycles. The van der Waals surface area contributed by atoms with Gasteiger partial charge in [-0.05, 0) is 18.4 Å². The van der Waals surface area contributed by atoms with E-state index in [4.69, 9.17) is 4.74 Å². The highest BCUT2D eigenvalue weighted by Crippen LogP contribution is 2.42. The van der Waals surface area contributed by atoms with Gasteiger partial charge in [-0.25, -0.2) is 9.78 Å². The lowest BCUT2D eigenvalue weighted by Gasteiger charge is -2.47. The number of rotatable bonds is 9. The number of aliphatic hydroxyl groups is 1. The van der Waals surface area contributed by atoms with E-state index in [0.717, 1.165) is 55.1 Å². The van der Waals surface area contributed by atoms with Crippen molar-refractivity contribution < 1.29 is 19.1 Å². The summed E-state index contributed by atoms with van der Waals surface area (Å²) in [6.45, 7) is 1.43. The number of quaternary nitrogens is 1. The fourth-order valence-electron chi connectivity index (χ4n) is 6.49. The summed E-state index contributed by atoms with van der Waals surface area (Å²) in [5, 5.41) is 9.82. The van der Waals surface area contributed by atoms with E-state index in [1.165, 1.54) is 4.57 Å². The normalized spacial score (nSPS) is 25.9. The van der Waals surface area contributed by atoms with Gasteiger partial charge >= 0.3 is 11.7 Å². The molecule has 2 bridgehead atoms. The van der Waals surface area contributed by atoms with Crippen LogP contribution in [0.4, 0.5) is 0 Å². The summed E-state index contributed by atoms with van der Waals surface area (Å²) in [6.07, 6.45) is 7.38. The van der Waals surface area contributed by atoms with Crippen LogP contribution in [0.3, 0.4) is 0 Å². The number of hydrogen-bond acceptors (Lipinski definition) is 6. The van der Waals surface area contributed by atoms with E-state index < -0.39 is 17.2 Å². The Hall–Kier alpha value is -3.24. The molecule has 2 aliphatic rings. The highest BCUT2D eigenvalue weighted by molar-refractivity contribution is 5.78. The van der Waals surface area contributed by atoms with Crippen LogP contribution in [0, 0.1) is 0 Å². The third kappa shape index (κ3) is 4.75. The SMILES string of the molecule is Cn1c(=O)[nH]c(=O)c2c1ncn2CCCC[N+]1(C)C2CCC1CC(OC(=O)C(CO)c1ccccc1)C2. The summed E-state index contributed by atoms with van der Waals surface area (Å²) in [6, 6.07) is 10.2. The van der Waals surface area contributed by atoms with Crippen molar-refractivity contribution in [2.75, 3.05) is 20.2 Å². The molecule has 10 nitrogen and oxygen atoms in total. The van der Waals surface area contributed by atoms with Crippen molar-refractivity contribution in [1.82, 2.24) is 19.1 Å². The predicted octanol–water partition coefficient (Wildman–Crippen LogP) is 1.66. The van der Waals surface area contributed by atoms with Crippen molar-refractivity contribution in [2.24, 2.45) is 7.05 Å². The van der Waals surface area contributed by atoms with Crippen LogP contribution in [0.15, 0.2) is 46.2 Å². The Morgan fingerprint density at radius 3 is 2.57 bits per heavy atom. The molecule has 0 amide bonds. The number of aryl methyl sites for hydroxylation is 2. The zero-order chi connectivity index (χ0) is 26.2. The highest BCUT2D eigenvalue weighted by atomic mass is 16.5. The van der Waals surface area contributed by atoms with Gasteiger partial charge in [0.2, 0.25) is 0 Å². The number of carbonyl (C=O) groups excluding carboxylic acids is 1. The van der Waals surface area contributed by atoms with Crippen LogP contribution in [-0.2, 0) is 23.1 Å². The second-order valence-electron chi connectivity index (χ2n) is 10.8. The van der Waals surface area contributed by atoms with E-state index in [-0.39, 0.29) is 18.7 Å². The van der Waals surface area contributed by atoms with Crippen LogP contribution in [0.2, 0.25) is 0 Å². The number of H-pyrrole nitrogens is 1. The Morgan fingerprint density at radius 2 is 1.89 bits per heavy atom. The van der Waals surface area contributed by atoms with Gasteiger partial charge in [-0.2, -0.15) is 0 Å². The van der Waals surface area contributed by atoms with Crippen LogP contribution >= 0.6 is 0 Å². The molecule has 2 aliphatic heterocycles. The van der Waals surface area contributed by atoms with E-state index in [1.54, 1.807) is 13.4 Å². The van der Waals surface area contributed by atoms with E-state index in [9.17, 15) is 19.5 Å². The van der Waals surface area contributed by atoms with Crippen molar-refractivity contribution in [3.8, 4) is 0 Å². The van der Waals surface area contributed by atoms with Crippen molar-refractivity contribution in [3.05, 3.63) is 63.1 Å². The Labute approximate surface area is 215 Å². The van der Waals surface area contributed by atoms with E-state index in [1.807, 2.05) is 34.9 Å². The predicted molar refractivity (Wildman–Crippen MR) is 138 cm³/mol. The average molecular weight is 511 g/mol. The zero-order valence-electron chi connectivity index (χ0n) is 21.5. The average Bonchev–Trinajstić information content (AvgIpc) is 3.35. The number of aliphatic hydroxyl groups excluding tert-OH is 1. The van der Waals surface area contributed by atoms with E-state index >= 15 is 0 Å². The molecule has 2 fully saturated rings.